The molecule has 5 heteroatoms. The normalized spacial score (nSPS) is 11.3. The molecule has 4 nitrogen and oxygen atoms in total. The van der Waals surface area contributed by atoms with Gasteiger partial charge in [0.05, 0.1) is 18.8 Å². The molecule has 0 aromatic heterocycles. The van der Waals surface area contributed by atoms with Crippen LogP contribution in [0.1, 0.15) is 30.1 Å². The van der Waals surface area contributed by atoms with E-state index in [1.54, 1.807) is 18.2 Å². The summed E-state index contributed by atoms with van der Waals surface area (Å²) in [6, 6.07) is 6.97. The number of carbonyl (C=O) groups is 1. The summed E-state index contributed by atoms with van der Waals surface area (Å²) < 4.78 is 0.809. The summed E-state index contributed by atoms with van der Waals surface area (Å²) in [6.07, 6.45) is 1.29. The van der Waals surface area contributed by atoms with E-state index >= 15 is 0 Å². The molecule has 1 aromatic rings. The molecule has 0 aliphatic rings. The van der Waals surface area contributed by atoms with Crippen LogP contribution >= 0.6 is 15.9 Å². The summed E-state index contributed by atoms with van der Waals surface area (Å²) >= 11 is 3.30. The van der Waals surface area contributed by atoms with Crippen LogP contribution in [0.2, 0.25) is 0 Å². The topological polar surface area (TPSA) is 69.6 Å². The fourth-order valence-corrected chi connectivity index (χ4v) is 2.17. The van der Waals surface area contributed by atoms with E-state index in [-0.39, 0.29) is 19.1 Å². The van der Waals surface area contributed by atoms with Crippen LogP contribution in [0, 0.1) is 0 Å². The van der Waals surface area contributed by atoms with Gasteiger partial charge in [0.25, 0.3) is 5.91 Å². The Kier molecular flexibility index (Phi) is 5.78. The Morgan fingerprint density at radius 2 is 2.06 bits per heavy atom. The third-order valence-corrected chi connectivity index (χ3v) is 3.29. The monoisotopic (exact) mass is 315 g/mol. The Bertz CT molecular complexity index is 405. The van der Waals surface area contributed by atoms with Crippen molar-refractivity contribution in [3.05, 3.63) is 34.3 Å². The van der Waals surface area contributed by atoms with Crippen molar-refractivity contribution in [1.82, 2.24) is 5.32 Å². The van der Waals surface area contributed by atoms with Crippen LogP contribution in [0.4, 0.5) is 0 Å². The molecule has 0 radical (unpaired) electrons. The second kappa shape index (κ2) is 6.87. The smallest absolute Gasteiger partial charge is 0.251 e. The minimum absolute atomic E-state index is 0.281. The fourth-order valence-electron chi connectivity index (χ4n) is 1.77. The van der Waals surface area contributed by atoms with E-state index in [0.717, 1.165) is 10.9 Å². The van der Waals surface area contributed by atoms with E-state index < -0.39 is 5.54 Å². The molecule has 100 valence electrons. The highest BCUT2D eigenvalue weighted by molar-refractivity contribution is 9.10. The first-order valence-corrected chi connectivity index (χ1v) is 6.66. The summed E-state index contributed by atoms with van der Waals surface area (Å²) in [7, 11) is 0. The summed E-state index contributed by atoms with van der Waals surface area (Å²) in [5.74, 6) is -0.298. The van der Waals surface area contributed by atoms with Crippen molar-refractivity contribution in [1.29, 1.82) is 0 Å². The molecule has 0 aliphatic heterocycles. The number of aliphatic hydroxyl groups excluding tert-OH is 2. The van der Waals surface area contributed by atoms with Crippen molar-refractivity contribution in [2.45, 2.75) is 25.3 Å². The van der Waals surface area contributed by atoms with Crippen LogP contribution in [0.15, 0.2) is 28.7 Å². The molecule has 0 heterocycles. The number of hydrogen-bond donors (Lipinski definition) is 3. The molecular formula is C13H18BrNO3. The third kappa shape index (κ3) is 3.80. The average Bonchev–Trinajstić information content (AvgIpc) is 2.38. The molecule has 0 saturated heterocycles. The van der Waals surface area contributed by atoms with Gasteiger partial charge in [0, 0.05) is 10.0 Å². The maximum Gasteiger partial charge on any atom is 0.251 e. The molecule has 0 spiro atoms. The number of rotatable bonds is 6. The van der Waals surface area contributed by atoms with E-state index in [1.165, 1.54) is 0 Å². The van der Waals surface area contributed by atoms with Crippen LogP contribution in [0.3, 0.4) is 0 Å². The Morgan fingerprint density at radius 3 is 2.56 bits per heavy atom. The van der Waals surface area contributed by atoms with E-state index in [1.807, 2.05) is 13.0 Å². The molecule has 0 bridgehead atoms. The van der Waals surface area contributed by atoms with Crippen LogP contribution in [0.5, 0.6) is 0 Å². The number of benzene rings is 1. The minimum atomic E-state index is -0.950. The molecule has 3 N–H and O–H groups in total. The first-order chi connectivity index (χ1) is 8.56. The van der Waals surface area contributed by atoms with Crippen LogP contribution < -0.4 is 5.32 Å². The van der Waals surface area contributed by atoms with Gasteiger partial charge < -0.3 is 15.5 Å². The Morgan fingerprint density at radius 1 is 1.39 bits per heavy atom. The molecule has 0 unspecified atom stereocenters. The average molecular weight is 316 g/mol. The number of halogens is 1. The van der Waals surface area contributed by atoms with Gasteiger partial charge in [-0.1, -0.05) is 35.3 Å². The van der Waals surface area contributed by atoms with Gasteiger partial charge in [0.1, 0.15) is 0 Å². The van der Waals surface area contributed by atoms with Gasteiger partial charge in [0.2, 0.25) is 0 Å². The molecule has 1 aromatic carbocycles. The van der Waals surface area contributed by atoms with Gasteiger partial charge in [-0.15, -0.1) is 0 Å². The standard InChI is InChI=1S/C13H18BrNO3/c1-2-6-13(8-16,9-17)15-12(18)10-4-3-5-11(14)7-10/h3-5,7,16-17H,2,6,8-9H2,1H3,(H,15,18). The van der Waals surface area contributed by atoms with Crippen molar-refractivity contribution < 1.29 is 15.0 Å². The first-order valence-electron chi connectivity index (χ1n) is 5.86. The van der Waals surface area contributed by atoms with Crippen LogP contribution in [0.25, 0.3) is 0 Å². The van der Waals surface area contributed by atoms with Gasteiger partial charge in [-0.05, 0) is 24.6 Å². The van der Waals surface area contributed by atoms with Crippen molar-refractivity contribution >= 4 is 21.8 Å². The quantitative estimate of drug-likeness (QED) is 0.748. The molecule has 0 aliphatic carbocycles. The lowest BCUT2D eigenvalue weighted by Crippen LogP contribution is -2.54. The van der Waals surface area contributed by atoms with E-state index in [0.29, 0.717) is 12.0 Å². The fraction of sp³-hybridized carbons (Fsp3) is 0.462. The second-order valence-electron chi connectivity index (χ2n) is 4.31. The number of hydrogen-bond acceptors (Lipinski definition) is 3. The van der Waals surface area contributed by atoms with Gasteiger partial charge in [-0.25, -0.2) is 0 Å². The summed E-state index contributed by atoms with van der Waals surface area (Å²) in [4.78, 5) is 12.1. The highest BCUT2D eigenvalue weighted by atomic mass is 79.9. The number of nitrogens with one attached hydrogen (secondary N) is 1. The first kappa shape index (κ1) is 15.1. The number of carbonyl (C=O) groups excluding carboxylic acids is 1. The highest BCUT2D eigenvalue weighted by Gasteiger charge is 2.29. The predicted molar refractivity (Wildman–Crippen MR) is 73.4 cm³/mol. The van der Waals surface area contributed by atoms with Crippen LogP contribution in [-0.4, -0.2) is 34.9 Å². The maximum absolute atomic E-state index is 12.1. The number of aliphatic hydroxyl groups is 2. The molecule has 0 fully saturated rings. The minimum Gasteiger partial charge on any atom is -0.394 e. The van der Waals surface area contributed by atoms with Gasteiger partial charge in [-0.3, -0.25) is 4.79 Å². The Balaban J connectivity index is 2.84. The van der Waals surface area contributed by atoms with Crippen molar-refractivity contribution in [2.24, 2.45) is 0 Å². The van der Waals surface area contributed by atoms with Gasteiger partial charge in [-0.2, -0.15) is 0 Å². The molecular weight excluding hydrogens is 298 g/mol. The maximum atomic E-state index is 12.1. The zero-order chi connectivity index (χ0) is 13.6. The van der Waals surface area contributed by atoms with Crippen molar-refractivity contribution in [3.8, 4) is 0 Å². The summed E-state index contributed by atoms with van der Waals surface area (Å²) in [6.45, 7) is 1.37. The van der Waals surface area contributed by atoms with Crippen molar-refractivity contribution in [2.75, 3.05) is 13.2 Å². The van der Waals surface area contributed by atoms with E-state index in [4.69, 9.17) is 0 Å². The van der Waals surface area contributed by atoms with Gasteiger partial charge in [0.15, 0.2) is 0 Å². The SMILES string of the molecule is CCCC(CO)(CO)NC(=O)c1cccc(Br)c1. The zero-order valence-electron chi connectivity index (χ0n) is 10.3. The summed E-state index contributed by atoms with van der Waals surface area (Å²) in [5, 5.41) is 21.5. The molecule has 1 amide bonds. The zero-order valence-corrected chi connectivity index (χ0v) is 11.9. The largest absolute Gasteiger partial charge is 0.394 e. The summed E-state index contributed by atoms with van der Waals surface area (Å²) in [5.41, 5.74) is -0.458. The molecule has 0 atom stereocenters. The number of amides is 1. The van der Waals surface area contributed by atoms with Crippen LogP contribution in [-0.2, 0) is 0 Å². The van der Waals surface area contributed by atoms with Crippen molar-refractivity contribution in [3.63, 3.8) is 0 Å². The Hall–Kier alpha value is -0.910. The van der Waals surface area contributed by atoms with E-state index in [9.17, 15) is 15.0 Å². The van der Waals surface area contributed by atoms with Gasteiger partial charge >= 0.3 is 0 Å². The molecule has 0 saturated carbocycles. The molecule has 18 heavy (non-hydrogen) atoms. The molecule has 1 rings (SSSR count). The van der Waals surface area contributed by atoms with E-state index in [2.05, 4.69) is 21.2 Å². The lowest BCUT2D eigenvalue weighted by atomic mass is 9.95. The Labute approximate surface area is 115 Å². The lowest BCUT2D eigenvalue weighted by Gasteiger charge is -2.30. The predicted octanol–water partition coefficient (Wildman–Crippen LogP) is 1.70. The third-order valence-electron chi connectivity index (χ3n) is 2.80. The second-order valence-corrected chi connectivity index (χ2v) is 5.23. The lowest BCUT2D eigenvalue weighted by molar-refractivity contribution is 0.0632. The highest BCUT2D eigenvalue weighted by Crippen LogP contribution is 2.15.